The minimum Gasteiger partial charge on any atom is -0.358 e. The molecule has 21 heavy (non-hydrogen) atoms. The topological polar surface area (TPSA) is 33.4 Å². The molecule has 2 heterocycles. The molecule has 0 radical (unpaired) electrons. The van der Waals surface area contributed by atoms with Gasteiger partial charge in [-0.1, -0.05) is 38.3 Å². The lowest BCUT2D eigenvalue weighted by atomic mass is 10.2. The Labute approximate surface area is 125 Å². The Balaban J connectivity index is 1.94. The molecular formula is C17H22N4. The van der Waals surface area contributed by atoms with E-state index in [1.165, 1.54) is 25.7 Å². The molecule has 0 bridgehead atoms. The third-order valence-corrected chi connectivity index (χ3v) is 3.94. The highest BCUT2D eigenvalue weighted by atomic mass is 15.2. The Bertz CT molecular complexity index is 732. The number of unbranched alkanes of at least 4 members (excludes halogenated alkanes) is 3. The predicted molar refractivity (Wildman–Crippen MR) is 87.9 cm³/mol. The molecule has 0 aliphatic rings. The maximum atomic E-state index is 4.84. The molecule has 4 nitrogen and oxygen atoms in total. The molecule has 0 unspecified atom stereocenters. The maximum absolute atomic E-state index is 4.84. The predicted octanol–water partition coefficient (Wildman–Crippen LogP) is 3.90. The number of aromatic nitrogens is 3. The van der Waals surface area contributed by atoms with Gasteiger partial charge < -0.3 is 4.90 Å². The second kappa shape index (κ2) is 6.12. The zero-order valence-corrected chi connectivity index (χ0v) is 12.8. The van der Waals surface area contributed by atoms with Gasteiger partial charge in [0.2, 0.25) is 0 Å². The smallest absolute Gasteiger partial charge is 0.155 e. The summed E-state index contributed by atoms with van der Waals surface area (Å²) in [6.45, 7) is 3.27. The van der Waals surface area contributed by atoms with Crippen molar-refractivity contribution in [1.29, 1.82) is 0 Å². The monoisotopic (exact) mass is 282 g/mol. The van der Waals surface area contributed by atoms with Crippen LogP contribution in [0.3, 0.4) is 0 Å². The van der Waals surface area contributed by atoms with Crippen molar-refractivity contribution in [2.45, 2.75) is 32.6 Å². The molecule has 1 aromatic carbocycles. The van der Waals surface area contributed by atoms with Gasteiger partial charge in [0.05, 0.1) is 23.6 Å². The molecule has 0 aliphatic heterocycles. The van der Waals surface area contributed by atoms with Crippen molar-refractivity contribution in [2.24, 2.45) is 0 Å². The first-order valence-corrected chi connectivity index (χ1v) is 7.73. The van der Waals surface area contributed by atoms with E-state index in [-0.39, 0.29) is 0 Å². The number of hydrogen-bond acceptors (Lipinski definition) is 3. The molecule has 0 spiro atoms. The highest BCUT2D eigenvalue weighted by Crippen LogP contribution is 2.23. The summed E-state index contributed by atoms with van der Waals surface area (Å²) in [7, 11) is 2.12. The van der Waals surface area contributed by atoms with Gasteiger partial charge in [-0.2, -0.15) is 0 Å². The zero-order valence-electron chi connectivity index (χ0n) is 12.8. The minimum atomic E-state index is 1.01. The highest BCUT2D eigenvalue weighted by Gasteiger charge is 2.11. The summed E-state index contributed by atoms with van der Waals surface area (Å²) in [4.78, 5) is 11.4. The number of hydrogen-bond donors (Lipinski definition) is 0. The lowest BCUT2D eigenvalue weighted by Crippen LogP contribution is -2.20. The van der Waals surface area contributed by atoms with Crippen molar-refractivity contribution in [2.75, 3.05) is 18.5 Å². The molecule has 110 valence electrons. The number of fused-ring (bicyclic) bond motifs is 3. The summed E-state index contributed by atoms with van der Waals surface area (Å²) < 4.78 is 2.13. The Hall–Kier alpha value is -2.10. The number of anilines is 1. The van der Waals surface area contributed by atoms with Crippen molar-refractivity contribution >= 4 is 22.4 Å². The lowest BCUT2D eigenvalue weighted by Gasteiger charge is -2.20. The van der Waals surface area contributed by atoms with Crippen LogP contribution in [0.25, 0.3) is 16.6 Å². The van der Waals surface area contributed by atoms with Crippen LogP contribution in [0.5, 0.6) is 0 Å². The fourth-order valence-corrected chi connectivity index (χ4v) is 2.75. The number of nitrogens with zero attached hydrogens (tertiary/aromatic N) is 4. The van der Waals surface area contributed by atoms with E-state index in [1.54, 1.807) is 0 Å². The van der Waals surface area contributed by atoms with Crippen LogP contribution >= 0.6 is 0 Å². The highest BCUT2D eigenvalue weighted by molar-refractivity contribution is 5.84. The van der Waals surface area contributed by atoms with Crippen LogP contribution in [0.15, 0.2) is 36.8 Å². The van der Waals surface area contributed by atoms with Gasteiger partial charge in [0.15, 0.2) is 5.82 Å². The van der Waals surface area contributed by atoms with E-state index in [2.05, 4.69) is 40.4 Å². The van der Waals surface area contributed by atoms with E-state index in [4.69, 9.17) is 4.98 Å². The fraction of sp³-hybridized carbons (Fsp3) is 0.412. The van der Waals surface area contributed by atoms with Gasteiger partial charge in [0.1, 0.15) is 5.52 Å². The zero-order chi connectivity index (χ0) is 14.7. The first-order chi connectivity index (χ1) is 10.3. The van der Waals surface area contributed by atoms with Crippen molar-refractivity contribution in [1.82, 2.24) is 14.4 Å². The normalized spacial score (nSPS) is 11.3. The lowest BCUT2D eigenvalue weighted by molar-refractivity contribution is 0.659. The van der Waals surface area contributed by atoms with Crippen LogP contribution in [0.4, 0.5) is 5.82 Å². The third-order valence-electron chi connectivity index (χ3n) is 3.94. The van der Waals surface area contributed by atoms with Gasteiger partial charge in [-0.3, -0.25) is 4.40 Å². The molecule has 0 N–H and O–H groups in total. The Morgan fingerprint density at radius 1 is 1.10 bits per heavy atom. The second-order valence-corrected chi connectivity index (χ2v) is 5.56. The molecule has 0 saturated carbocycles. The third kappa shape index (κ3) is 2.71. The molecule has 0 saturated heterocycles. The first kappa shape index (κ1) is 13.9. The van der Waals surface area contributed by atoms with Gasteiger partial charge in [0, 0.05) is 13.6 Å². The maximum Gasteiger partial charge on any atom is 0.155 e. The fourth-order valence-electron chi connectivity index (χ4n) is 2.75. The van der Waals surface area contributed by atoms with Crippen LogP contribution in [0, 0.1) is 0 Å². The molecule has 0 aliphatic carbocycles. The summed E-state index contributed by atoms with van der Waals surface area (Å²) in [5.41, 5.74) is 3.19. The Kier molecular flexibility index (Phi) is 4.04. The van der Waals surface area contributed by atoms with Gasteiger partial charge >= 0.3 is 0 Å². The van der Waals surface area contributed by atoms with Gasteiger partial charge in [-0.15, -0.1) is 0 Å². The average molecular weight is 282 g/mol. The van der Waals surface area contributed by atoms with Crippen molar-refractivity contribution < 1.29 is 0 Å². The average Bonchev–Trinajstić information content (AvgIpc) is 3.00. The molecule has 0 atom stereocenters. The van der Waals surface area contributed by atoms with E-state index < -0.39 is 0 Å². The summed E-state index contributed by atoms with van der Waals surface area (Å²) >= 11 is 0. The summed E-state index contributed by atoms with van der Waals surface area (Å²) in [5, 5.41) is 0. The summed E-state index contributed by atoms with van der Waals surface area (Å²) in [5.74, 6) is 1.02. The minimum absolute atomic E-state index is 1.01. The van der Waals surface area contributed by atoms with Crippen LogP contribution < -0.4 is 4.90 Å². The van der Waals surface area contributed by atoms with Crippen molar-refractivity contribution in [3.63, 3.8) is 0 Å². The Morgan fingerprint density at radius 2 is 1.95 bits per heavy atom. The second-order valence-electron chi connectivity index (χ2n) is 5.56. The number of para-hydroxylation sites is 2. The van der Waals surface area contributed by atoms with Crippen molar-refractivity contribution in [3.05, 3.63) is 36.8 Å². The van der Waals surface area contributed by atoms with Crippen LogP contribution in [-0.2, 0) is 0 Å². The van der Waals surface area contributed by atoms with Gasteiger partial charge in [-0.25, -0.2) is 9.97 Å². The largest absolute Gasteiger partial charge is 0.358 e. The molecule has 4 heteroatoms. The molecular weight excluding hydrogens is 260 g/mol. The van der Waals surface area contributed by atoms with E-state index in [0.717, 1.165) is 28.9 Å². The number of imidazole rings is 1. The molecule has 2 aromatic heterocycles. The Morgan fingerprint density at radius 3 is 2.81 bits per heavy atom. The van der Waals surface area contributed by atoms with E-state index in [1.807, 2.05) is 24.7 Å². The first-order valence-electron chi connectivity index (χ1n) is 7.73. The number of rotatable bonds is 6. The number of benzene rings is 1. The summed E-state index contributed by atoms with van der Waals surface area (Å²) in [6.07, 6.45) is 8.83. The summed E-state index contributed by atoms with van der Waals surface area (Å²) in [6, 6.07) is 8.21. The van der Waals surface area contributed by atoms with Crippen LogP contribution in [0.1, 0.15) is 32.6 Å². The molecule has 0 fully saturated rings. The molecule has 3 aromatic rings. The van der Waals surface area contributed by atoms with E-state index in [9.17, 15) is 0 Å². The molecule has 0 amide bonds. The van der Waals surface area contributed by atoms with Crippen LogP contribution in [-0.4, -0.2) is 28.0 Å². The van der Waals surface area contributed by atoms with E-state index in [0.29, 0.717) is 0 Å². The van der Waals surface area contributed by atoms with Crippen molar-refractivity contribution in [3.8, 4) is 0 Å². The van der Waals surface area contributed by atoms with Crippen LogP contribution in [0.2, 0.25) is 0 Å². The SMILES string of the molecule is CCCCCCN(C)c1nc2ccccc2n2cncc12. The van der Waals surface area contributed by atoms with Gasteiger partial charge in [0.25, 0.3) is 0 Å². The standard InChI is InChI=1S/C17H22N4/c1-3-4-5-8-11-20(2)17-16-12-18-13-21(16)15-10-7-6-9-14(15)19-17/h6-7,9-10,12-13H,3-5,8,11H2,1-2H3. The molecule has 3 rings (SSSR count). The van der Waals surface area contributed by atoms with Gasteiger partial charge in [-0.05, 0) is 18.6 Å². The quantitative estimate of drug-likeness (QED) is 0.643. The van der Waals surface area contributed by atoms with E-state index >= 15 is 0 Å².